The Morgan fingerprint density at radius 2 is 2.42 bits per heavy atom. The highest BCUT2D eigenvalue weighted by atomic mass is 16.5. The molecule has 62 valence electrons. The van der Waals surface area contributed by atoms with Crippen molar-refractivity contribution in [2.75, 3.05) is 0 Å². The first-order valence-corrected chi connectivity index (χ1v) is 3.76. The molecule has 4 nitrogen and oxygen atoms in total. The molecule has 0 N–H and O–H groups in total. The Labute approximate surface area is 69.2 Å². The lowest BCUT2D eigenvalue weighted by Crippen LogP contribution is -1.80. The highest BCUT2D eigenvalue weighted by Gasteiger charge is 2.08. The quantitative estimate of drug-likeness (QED) is 0.680. The molecule has 0 aromatic carbocycles. The molecular formula is C8H8N2O2. The number of nitrogens with zero attached hydrogens (tertiary/aromatic N) is 2. The van der Waals surface area contributed by atoms with E-state index in [0.717, 1.165) is 6.42 Å². The van der Waals surface area contributed by atoms with E-state index in [1.807, 2.05) is 6.92 Å². The molecule has 0 radical (unpaired) electrons. The molecule has 0 spiro atoms. The SMILES string of the molecule is CCc1noc(-c2ccco2)n1. The van der Waals surface area contributed by atoms with Crippen LogP contribution in [0.4, 0.5) is 0 Å². The molecule has 0 aliphatic rings. The summed E-state index contributed by atoms with van der Waals surface area (Å²) in [6, 6.07) is 3.57. The van der Waals surface area contributed by atoms with Gasteiger partial charge in [-0.2, -0.15) is 4.98 Å². The van der Waals surface area contributed by atoms with E-state index in [4.69, 9.17) is 8.94 Å². The third kappa shape index (κ3) is 1.11. The minimum atomic E-state index is 0.442. The minimum absolute atomic E-state index is 0.442. The molecule has 0 saturated carbocycles. The van der Waals surface area contributed by atoms with Gasteiger partial charge in [0.1, 0.15) is 0 Å². The van der Waals surface area contributed by atoms with Crippen molar-refractivity contribution >= 4 is 0 Å². The second-order valence-corrected chi connectivity index (χ2v) is 2.35. The van der Waals surface area contributed by atoms with Crippen LogP contribution in [0.1, 0.15) is 12.7 Å². The number of aromatic nitrogens is 2. The normalized spacial score (nSPS) is 10.4. The molecule has 0 fully saturated rings. The lowest BCUT2D eigenvalue weighted by Gasteiger charge is -1.81. The summed E-state index contributed by atoms with van der Waals surface area (Å²) in [5.41, 5.74) is 0. The third-order valence-corrected chi connectivity index (χ3v) is 1.52. The summed E-state index contributed by atoms with van der Waals surface area (Å²) < 4.78 is 10.0. The summed E-state index contributed by atoms with van der Waals surface area (Å²) in [5, 5.41) is 3.74. The van der Waals surface area contributed by atoms with Crippen LogP contribution >= 0.6 is 0 Å². The zero-order valence-corrected chi connectivity index (χ0v) is 6.65. The zero-order valence-electron chi connectivity index (χ0n) is 6.65. The summed E-state index contributed by atoms with van der Waals surface area (Å²) in [7, 11) is 0. The van der Waals surface area contributed by atoms with E-state index in [0.29, 0.717) is 17.5 Å². The van der Waals surface area contributed by atoms with Crippen molar-refractivity contribution in [1.82, 2.24) is 10.1 Å². The van der Waals surface area contributed by atoms with Gasteiger partial charge in [0.15, 0.2) is 11.6 Å². The van der Waals surface area contributed by atoms with E-state index < -0.39 is 0 Å². The molecule has 4 heteroatoms. The molecule has 2 heterocycles. The standard InChI is InChI=1S/C8H8N2O2/c1-2-7-9-8(12-10-7)6-4-3-5-11-6/h3-5H,2H2,1H3. The van der Waals surface area contributed by atoms with Gasteiger partial charge in [-0.25, -0.2) is 0 Å². The molecule has 0 saturated heterocycles. The Morgan fingerprint density at radius 1 is 1.50 bits per heavy atom. The zero-order chi connectivity index (χ0) is 8.39. The molecule has 0 atom stereocenters. The van der Waals surface area contributed by atoms with Crippen molar-refractivity contribution in [2.24, 2.45) is 0 Å². The van der Waals surface area contributed by atoms with E-state index in [-0.39, 0.29) is 0 Å². The van der Waals surface area contributed by atoms with Crippen LogP contribution in [0.2, 0.25) is 0 Å². The molecule has 0 aliphatic heterocycles. The van der Waals surface area contributed by atoms with E-state index >= 15 is 0 Å². The lowest BCUT2D eigenvalue weighted by atomic mass is 10.4. The summed E-state index contributed by atoms with van der Waals surface area (Å²) in [4.78, 5) is 4.10. The Balaban J connectivity index is 2.35. The van der Waals surface area contributed by atoms with Crippen LogP contribution in [0.3, 0.4) is 0 Å². The van der Waals surface area contributed by atoms with Gasteiger partial charge in [0.05, 0.1) is 6.26 Å². The summed E-state index contributed by atoms with van der Waals surface area (Å²) in [5.74, 6) is 1.75. The number of furan rings is 1. The predicted octanol–water partition coefficient (Wildman–Crippen LogP) is 1.89. The van der Waals surface area contributed by atoms with E-state index in [1.54, 1.807) is 18.4 Å². The molecule has 0 aliphatic carbocycles. The Morgan fingerprint density at radius 3 is 3.00 bits per heavy atom. The van der Waals surface area contributed by atoms with Gasteiger partial charge in [0.2, 0.25) is 0 Å². The van der Waals surface area contributed by atoms with Gasteiger partial charge in [-0.3, -0.25) is 0 Å². The van der Waals surface area contributed by atoms with Crippen LogP contribution in [0.25, 0.3) is 11.7 Å². The van der Waals surface area contributed by atoms with Crippen LogP contribution in [0.15, 0.2) is 27.3 Å². The van der Waals surface area contributed by atoms with Gasteiger partial charge in [0.25, 0.3) is 5.89 Å². The van der Waals surface area contributed by atoms with E-state index in [2.05, 4.69) is 10.1 Å². The maximum atomic E-state index is 5.08. The van der Waals surface area contributed by atoms with Crippen molar-refractivity contribution in [2.45, 2.75) is 13.3 Å². The average Bonchev–Trinajstić information content (AvgIpc) is 2.75. The van der Waals surface area contributed by atoms with Crippen LogP contribution in [0, 0.1) is 0 Å². The van der Waals surface area contributed by atoms with Gasteiger partial charge in [0, 0.05) is 6.42 Å². The highest BCUT2D eigenvalue weighted by molar-refractivity contribution is 5.42. The average molecular weight is 164 g/mol. The third-order valence-electron chi connectivity index (χ3n) is 1.52. The first-order chi connectivity index (χ1) is 5.90. The Kier molecular flexibility index (Phi) is 1.66. The molecule has 0 unspecified atom stereocenters. The second-order valence-electron chi connectivity index (χ2n) is 2.35. The fourth-order valence-corrected chi connectivity index (χ4v) is 0.898. The van der Waals surface area contributed by atoms with Crippen molar-refractivity contribution in [3.63, 3.8) is 0 Å². The van der Waals surface area contributed by atoms with Crippen molar-refractivity contribution < 1.29 is 8.94 Å². The molecule has 0 amide bonds. The van der Waals surface area contributed by atoms with E-state index in [1.165, 1.54) is 0 Å². The maximum absolute atomic E-state index is 5.08. The summed E-state index contributed by atoms with van der Waals surface area (Å²) >= 11 is 0. The van der Waals surface area contributed by atoms with Gasteiger partial charge in [-0.15, -0.1) is 0 Å². The van der Waals surface area contributed by atoms with Crippen molar-refractivity contribution in [3.8, 4) is 11.7 Å². The molecule has 12 heavy (non-hydrogen) atoms. The first-order valence-electron chi connectivity index (χ1n) is 3.76. The number of rotatable bonds is 2. The lowest BCUT2D eigenvalue weighted by molar-refractivity contribution is 0.409. The van der Waals surface area contributed by atoms with Gasteiger partial charge in [-0.05, 0) is 12.1 Å². The summed E-state index contributed by atoms with van der Waals surface area (Å²) in [6.07, 6.45) is 2.34. The number of hydrogen-bond donors (Lipinski definition) is 0. The molecule has 2 rings (SSSR count). The topological polar surface area (TPSA) is 52.1 Å². The van der Waals surface area contributed by atoms with E-state index in [9.17, 15) is 0 Å². The fraction of sp³-hybridized carbons (Fsp3) is 0.250. The first kappa shape index (κ1) is 7.09. The molecular weight excluding hydrogens is 156 g/mol. The van der Waals surface area contributed by atoms with Crippen LogP contribution < -0.4 is 0 Å². The maximum Gasteiger partial charge on any atom is 0.293 e. The van der Waals surface area contributed by atoms with Crippen molar-refractivity contribution in [1.29, 1.82) is 0 Å². The molecule has 2 aromatic rings. The largest absolute Gasteiger partial charge is 0.459 e. The number of hydrogen-bond acceptors (Lipinski definition) is 4. The second kappa shape index (κ2) is 2.81. The molecule has 2 aromatic heterocycles. The predicted molar refractivity (Wildman–Crippen MR) is 41.4 cm³/mol. The van der Waals surface area contributed by atoms with Crippen LogP contribution in [-0.4, -0.2) is 10.1 Å². The van der Waals surface area contributed by atoms with Crippen LogP contribution in [0.5, 0.6) is 0 Å². The van der Waals surface area contributed by atoms with Crippen molar-refractivity contribution in [3.05, 3.63) is 24.2 Å². The van der Waals surface area contributed by atoms with Gasteiger partial charge >= 0.3 is 0 Å². The molecule has 0 bridgehead atoms. The monoisotopic (exact) mass is 164 g/mol. The fourth-order valence-electron chi connectivity index (χ4n) is 0.898. The highest BCUT2D eigenvalue weighted by Crippen LogP contribution is 2.16. The smallest absolute Gasteiger partial charge is 0.293 e. The van der Waals surface area contributed by atoms with Gasteiger partial charge < -0.3 is 8.94 Å². The minimum Gasteiger partial charge on any atom is -0.459 e. The Bertz CT molecular complexity index is 351. The Hall–Kier alpha value is -1.58. The summed E-state index contributed by atoms with van der Waals surface area (Å²) in [6.45, 7) is 1.97. The number of aryl methyl sites for hydroxylation is 1. The van der Waals surface area contributed by atoms with Crippen LogP contribution in [-0.2, 0) is 6.42 Å². The van der Waals surface area contributed by atoms with Gasteiger partial charge in [-0.1, -0.05) is 12.1 Å².